The number of rotatable bonds is 7. The Kier molecular flexibility index (Phi) is 5.72. The summed E-state index contributed by atoms with van der Waals surface area (Å²) in [4.78, 5) is 12.0. The van der Waals surface area contributed by atoms with Crippen molar-refractivity contribution in [3.8, 4) is 17.0 Å². The molecule has 0 bridgehead atoms. The molecule has 0 atom stereocenters. The van der Waals surface area contributed by atoms with Gasteiger partial charge in [-0.25, -0.2) is 4.68 Å². The highest BCUT2D eigenvalue weighted by molar-refractivity contribution is 5.60. The zero-order valence-corrected chi connectivity index (χ0v) is 13.4. The lowest BCUT2D eigenvalue weighted by atomic mass is 10.1. The van der Waals surface area contributed by atoms with E-state index in [0.29, 0.717) is 12.1 Å². The fraction of sp³-hybridized carbons (Fsp3) is 0.412. The molecule has 0 aliphatic carbocycles. The Morgan fingerprint density at radius 3 is 2.64 bits per heavy atom. The molecule has 0 unspecified atom stereocenters. The van der Waals surface area contributed by atoms with Gasteiger partial charge in [-0.3, -0.25) is 4.79 Å². The van der Waals surface area contributed by atoms with Gasteiger partial charge >= 0.3 is 0 Å². The quantitative estimate of drug-likeness (QED) is 0.798. The number of ether oxygens (including phenoxy) is 1. The number of hydrogen-bond donors (Lipinski definition) is 1. The zero-order chi connectivity index (χ0) is 15.9. The van der Waals surface area contributed by atoms with E-state index < -0.39 is 0 Å². The van der Waals surface area contributed by atoms with Crippen LogP contribution in [0, 0.1) is 0 Å². The topological polar surface area (TPSA) is 56.1 Å². The van der Waals surface area contributed by atoms with Gasteiger partial charge in [0.1, 0.15) is 5.75 Å². The van der Waals surface area contributed by atoms with Crippen molar-refractivity contribution >= 4 is 0 Å². The lowest BCUT2D eigenvalue weighted by Crippen LogP contribution is -2.26. The van der Waals surface area contributed by atoms with E-state index >= 15 is 0 Å². The summed E-state index contributed by atoms with van der Waals surface area (Å²) in [6.07, 6.45) is 2.17. The molecule has 5 nitrogen and oxygen atoms in total. The SMILES string of the molecule is CCCCOc1ccc(-c2cc(CNC)c(=O)n(C)n2)cc1. The molecule has 5 heteroatoms. The van der Waals surface area contributed by atoms with Crippen LogP contribution >= 0.6 is 0 Å². The van der Waals surface area contributed by atoms with Crippen molar-refractivity contribution in [3.05, 3.63) is 46.2 Å². The second-order valence-electron chi connectivity index (χ2n) is 5.24. The third-order valence-corrected chi connectivity index (χ3v) is 3.42. The van der Waals surface area contributed by atoms with Crippen LogP contribution in [0.2, 0.25) is 0 Å². The molecule has 1 aromatic carbocycles. The van der Waals surface area contributed by atoms with Gasteiger partial charge in [0, 0.05) is 24.7 Å². The van der Waals surface area contributed by atoms with E-state index in [9.17, 15) is 4.79 Å². The van der Waals surface area contributed by atoms with Gasteiger partial charge in [-0.15, -0.1) is 0 Å². The number of hydrogen-bond acceptors (Lipinski definition) is 4. The predicted molar refractivity (Wildman–Crippen MR) is 88.1 cm³/mol. The molecule has 0 radical (unpaired) electrons. The van der Waals surface area contributed by atoms with Crippen LogP contribution < -0.4 is 15.6 Å². The minimum Gasteiger partial charge on any atom is -0.494 e. The average Bonchev–Trinajstić information content (AvgIpc) is 2.53. The van der Waals surface area contributed by atoms with Crippen molar-refractivity contribution in [1.82, 2.24) is 15.1 Å². The summed E-state index contributed by atoms with van der Waals surface area (Å²) in [5.41, 5.74) is 2.39. The van der Waals surface area contributed by atoms with Crippen molar-refractivity contribution in [3.63, 3.8) is 0 Å². The molecule has 0 saturated heterocycles. The van der Waals surface area contributed by atoms with Crippen LogP contribution in [0.4, 0.5) is 0 Å². The first-order valence-corrected chi connectivity index (χ1v) is 7.60. The highest BCUT2D eigenvalue weighted by Gasteiger charge is 2.07. The monoisotopic (exact) mass is 301 g/mol. The van der Waals surface area contributed by atoms with Crippen molar-refractivity contribution in [2.24, 2.45) is 7.05 Å². The van der Waals surface area contributed by atoms with Gasteiger partial charge in [0.05, 0.1) is 12.3 Å². The molecule has 0 amide bonds. The lowest BCUT2D eigenvalue weighted by Gasteiger charge is -2.09. The first kappa shape index (κ1) is 16.2. The van der Waals surface area contributed by atoms with Crippen LogP contribution in [-0.2, 0) is 13.6 Å². The van der Waals surface area contributed by atoms with Crippen LogP contribution in [0.1, 0.15) is 25.3 Å². The molecule has 1 aromatic heterocycles. The molecule has 2 rings (SSSR count). The van der Waals surface area contributed by atoms with Crippen LogP contribution in [0.15, 0.2) is 35.1 Å². The van der Waals surface area contributed by atoms with Gasteiger partial charge in [-0.1, -0.05) is 13.3 Å². The molecule has 0 fully saturated rings. The third kappa shape index (κ3) is 3.95. The minimum atomic E-state index is -0.0716. The number of unbranched alkanes of at least 4 members (excludes halogenated alkanes) is 1. The number of benzene rings is 1. The van der Waals surface area contributed by atoms with Crippen LogP contribution in [0.25, 0.3) is 11.3 Å². The smallest absolute Gasteiger partial charge is 0.271 e. The summed E-state index contributed by atoms with van der Waals surface area (Å²) in [7, 11) is 3.50. The summed E-state index contributed by atoms with van der Waals surface area (Å²) >= 11 is 0. The molecule has 22 heavy (non-hydrogen) atoms. The Hall–Kier alpha value is -2.14. The van der Waals surface area contributed by atoms with E-state index in [1.807, 2.05) is 37.4 Å². The average molecular weight is 301 g/mol. The molecule has 0 spiro atoms. The summed E-state index contributed by atoms with van der Waals surface area (Å²) in [6.45, 7) is 3.40. The Morgan fingerprint density at radius 2 is 2.00 bits per heavy atom. The van der Waals surface area contributed by atoms with Crippen molar-refractivity contribution in [2.45, 2.75) is 26.3 Å². The number of aromatic nitrogens is 2. The molecule has 1 heterocycles. The maximum Gasteiger partial charge on any atom is 0.271 e. The van der Waals surface area contributed by atoms with E-state index in [0.717, 1.165) is 36.5 Å². The van der Waals surface area contributed by atoms with E-state index in [-0.39, 0.29) is 5.56 Å². The second-order valence-corrected chi connectivity index (χ2v) is 5.24. The normalized spacial score (nSPS) is 10.7. The lowest BCUT2D eigenvalue weighted by molar-refractivity contribution is 0.309. The number of aryl methyl sites for hydroxylation is 1. The summed E-state index contributed by atoms with van der Waals surface area (Å²) in [6, 6.07) is 9.66. The molecular weight excluding hydrogens is 278 g/mol. The highest BCUT2D eigenvalue weighted by atomic mass is 16.5. The van der Waals surface area contributed by atoms with E-state index in [2.05, 4.69) is 17.3 Å². The molecule has 2 aromatic rings. The molecule has 0 saturated carbocycles. The third-order valence-electron chi connectivity index (χ3n) is 3.42. The maximum absolute atomic E-state index is 12.0. The van der Waals surface area contributed by atoms with Gasteiger partial charge in [0.15, 0.2) is 0 Å². The Balaban J connectivity index is 2.22. The predicted octanol–water partition coefficient (Wildman–Crippen LogP) is 2.35. The van der Waals surface area contributed by atoms with E-state index in [1.54, 1.807) is 7.05 Å². The Morgan fingerprint density at radius 1 is 1.27 bits per heavy atom. The second kappa shape index (κ2) is 7.75. The van der Waals surface area contributed by atoms with Gasteiger partial charge in [0.25, 0.3) is 5.56 Å². The first-order valence-electron chi connectivity index (χ1n) is 7.60. The molecular formula is C17H23N3O2. The Labute approximate surface area is 130 Å². The minimum absolute atomic E-state index is 0.0716. The number of nitrogens with one attached hydrogen (secondary N) is 1. The van der Waals surface area contributed by atoms with Crippen molar-refractivity contribution in [2.75, 3.05) is 13.7 Å². The highest BCUT2D eigenvalue weighted by Crippen LogP contribution is 2.20. The molecule has 1 N–H and O–H groups in total. The molecule has 0 aliphatic rings. The van der Waals surface area contributed by atoms with Crippen LogP contribution in [-0.4, -0.2) is 23.4 Å². The zero-order valence-electron chi connectivity index (χ0n) is 13.4. The maximum atomic E-state index is 12.0. The fourth-order valence-corrected chi connectivity index (χ4v) is 2.18. The van der Waals surface area contributed by atoms with E-state index in [4.69, 9.17) is 4.74 Å². The van der Waals surface area contributed by atoms with Gasteiger partial charge < -0.3 is 10.1 Å². The van der Waals surface area contributed by atoms with Gasteiger partial charge in [0.2, 0.25) is 0 Å². The summed E-state index contributed by atoms with van der Waals surface area (Å²) < 4.78 is 7.04. The summed E-state index contributed by atoms with van der Waals surface area (Å²) in [5, 5.41) is 7.33. The van der Waals surface area contributed by atoms with Crippen LogP contribution in [0.5, 0.6) is 5.75 Å². The van der Waals surface area contributed by atoms with Crippen molar-refractivity contribution < 1.29 is 4.74 Å². The standard InChI is InChI=1S/C17H23N3O2/c1-4-5-10-22-15-8-6-13(7-9-15)16-11-14(12-18-2)17(21)20(3)19-16/h6-9,11,18H,4-5,10,12H2,1-3H3. The Bertz CT molecular complexity index is 663. The number of nitrogens with zero attached hydrogens (tertiary/aromatic N) is 2. The first-order chi connectivity index (χ1) is 10.7. The van der Waals surface area contributed by atoms with E-state index in [1.165, 1.54) is 4.68 Å². The van der Waals surface area contributed by atoms with Crippen LogP contribution in [0.3, 0.4) is 0 Å². The molecule has 118 valence electrons. The van der Waals surface area contributed by atoms with Gasteiger partial charge in [-0.05, 0) is 43.8 Å². The fourth-order valence-electron chi connectivity index (χ4n) is 2.18. The largest absolute Gasteiger partial charge is 0.494 e. The molecule has 0 aliphatic heterocycles. The summed E-state index contributed by atoms with van der Waals surface area (Å²) in [5.74, 6) is 0.859. The van der Waals surface area contributed by atoms with Gasteiger partial charge in [-0.2, -0.15) is 5.10 Å². The van der Waals surface area contributed by atoms with Crippen molar-refractivity contribution in [1.29, 1.82) is 0 Å².